The van der Waals surface area contributed by atoms with E-state index in [0.29, 0.717) is 16.9 Å². The summed E-state index contributed by atoms with van der Waals surface area (Å²) in [4.78, 5) is 12.7. The van der Waals surface area contributed by atoms with Crippen molar-refractivity contribution in [2.45, 2.75) is 6.92 Å². The Morgan fingerprint density at radius 1 is 1.20 bits per heavy atom. The smallest absolute Gasteiger partial charge is 0.225 e. The lowest BCUT2D eigenvalue weighted by Gasteiger charge is -2.08. The first kappa shape index (κ1) is 12.9. The van der Waals surface area contributed by atoms with Crippen LogP contribution in [0.5, 0.6) is 5.88 Å². The molecule has 0 spiro atoms. The molecule has 0 aromatic carbocycles. The molecule has 102 valence electrons. The first-order chi connectivity index (χ1) is 9.60. The molecule has 0 radical (unpaired) electrons. The van der Waals surface area contributed by atoms with Gasteiger partial charge in [-0.25, -0.2) is 9.97 Å². The molecule has 0 bridgehead atoms. The fourth-order valence-corrected chi connectivity index (χ4v) is 2.41. The minimum Gasteiger partial charge on any atom is -0.480 e. The van der Waals surface area contributed by atoms with Gasteiger partial charge in [0.25, 0.3) is 0 Å². The molecule has 0 saturated heterocycles. The monoisotopic (exact) mass is 288 g/mol. The molecule has 0 aliphatic carbocycles. The van der Waals surface area contributed by atoms with Crippen LogP contribution in [0.15, 0.2) is 24.5 Å². The summed E-state index contributed by atoms with van der Waals surface area (Å²) >= 11 is 5.94. The number of nitrogens with zero attached hydrogens (tertiary/aromatic N) is 4. The van der Waals surface area contributed by atoms with Gasteiger partial charge in [0.2, 0.25) is 5.88 Å². The van der Waals surface area contributed by atoms with Gasteiger partial charge in [-0.05, 0) is 19.1 Å². The van der Waals surface area contributed by atoms with E-state index in [1.807, 2.05) is 30.7 Å². The highest BCUT2D eigenvalue weighted by molar-refractivity contribution is 6.30. The number of hydrogen-bond donors (Lipinski definition) is 0. The molecule has 0 fully saturated rings. The Bertz CT molecular complexity index is 797. The Labute approximate surface area is 121 Å². The molecule has 3 aromatic heterocycles. The molecule has 20 heavy (non-hydrogen) atoms. The van der Waals surface area contributed by atoms with Crippen molar-refractivity contribution in [3.05, 3.63) is 35.5 Å². The zero-order valence-corrected chi connectivity index (χ0v) is 12.1. The Morgan fingerprint density at radius 2 is 2.00 bits per heavy atom. The fourth-order valence-electron chi connectivity index (χ4n) is 2.25. The largest absolute Gasteiger partial charge is 0.480 e. The summed E-state index contributed by atoms with van der Waals surface area (Å²) in [5.74, 6) is 1.23. The predicted molar refractivity (Wildman–Crippen MR) is 78.0 cm³/mol. The Balaban J connectivity index is 2.27. The third-order valence-corrected chi connectivity index (χ3v) is 3.45. The van der Waals surface area contributed by atoms with Crippen LogP contribution >= 0.6 is 11.6 Å². The summed E-state index contributed by atoms with van der Waals surface area (Å²) in [5, 5.41) is 1.49. The molecule has 0 unspecified atom stereocenters. The number of aromatic nitrogens is 4. The lowest BCUT2D eigenvalue weighted by atomic mass is 10.2. The molecule has 3 aromatic rings. The van der Waals surface area contributed by atoms with Crippen LogP contribution in [0, 0.1) is 6.92 Å². The molecule has 3 rings (SSSR count). The Morgan fingerprint density at radius 3 is 2.75 bits per heavy atom. The van der Waals surface area contributed by atoms with E-state index < -0.39 is 0 Å². The van der Waals surface area contributed by atoms with Gasteiger partial charge in [0.15, 0.2) is 0 Å². The average Bonchev–Trinajstić information content (AvgIpc) is 2.75. The molecule has 0 aliphatic heterocycles. The second kappa shape index (κ2) is 4.76. The highest BCUT2D eigenvalue weighted by atomic mass is 35.5. The van der Waals surface area contributed by atoms with Crippen molar-refractivity contribution in [3.8, 4) is 17.1 Å². The summed E-state index contributed by atoms with van der Waals surface area (Å²) in [6.45, 7) is 1.83. The van der Waals surface area contributed by atoms with Crippen molar-refractivity contribution in [2.24, 2.45) is 7.05 Å². The molecule has 6 heteroatoms. The van der Waals surface area contributed by atoms with Gasteiger partial charge < -0.3 is 9.30 Å². The number of ether oxygens (including phenoxy) is 1. The van der Waals surface area contributed by atoms with Gasteiger partial charge in [-0.2, -0.15) is 4.98 Å². The SMILES string of the molecule is COc1nc(C)ncc1-c1cc2cc(Cl)ncc2n1C. The molecular formula is C14H13ClN4O. The summed E-state index contributed by atoms with van der Waals surface area (Å²) in [6.07, 6.45) is 3.52. The zero-order valence-electron chi connectivity index (χ0n) is 11.4. The highest BCUT2D eigenvalue weighted by Crippen LogP contribution is 2.32. The van der Waals surface area contributed by atoms with Crippen LogP contribution < -0.4 is 4.74 Å². The van der Waals surface area contributed by atoms with E-state index in [-0.39, 0.29) is 0 Å². The number of methoxy groups -OCH3 is 1. The van der Waals surface area contributed by atoms with Gasteiger partial charge in [-0.15, -0.1) is 0 Å². The van der Waals surface area contributed by atoms with Crippen LogP contribution in [-0.4, -0.2) is 26.6 Å². The van der Waals surface area contributed by atoms with E-state index in [4.69, 9.17) is 16.3 Å². The van der Waals surface area contributed by atoms with Gasteiger partial charge in [0, 0.05) is 18.6 Å². The van der Waals surface area contributed by atoms with E-state index >= 15 is 0 Å². The van der Waals surface area contributed by atoms with Crippen molar-refractivity contribution in [3.63, 3.8) is 0 Å². The molecule has 0 aliphatic rings. The maximum atomic E-state index is 5.94. The quantitative estimate of drug-likeness (QED) is 0.680. The third-order valence-electron chi connectivity index (χ3n) is 3.24. The summed E-state index contributed by atoms with van der Waals surface area (Å²) in [6, 6.07) is 3.86. The van der Waals surface area contributed by atoms with Gasteiger partial charge >= 0.3 is 0 Å². The van der Waals surface area contributed by atoms with E-state index in [9.17, 15) is 0 Å². The topological polar surface area (TPSA) is 52.8 Å². The van der Waals surface area contributed by atoms with E-state index in [2.05, 4.69) is 15.0 Å². The van der Waals surface area contributed by atoms with E-state index in [1.165, 1.54) is 0 Å². The lowest BCUT2D eigenvalue weighted by molar-refractivity contribution is 0.397. The van der Waals surface area contributed by atoms with Crippen LogP contribution in [0.2, 0.25) is 5.15 Å². The normalized spacial score (nSPS) is 11.0. The number of pyridine rings is 1. The van der Waals surface area contributed by atoms with Crippen molar-refractivity contribution in [1.29, 1.82) is 0 Å². The van der Waals surface area contributed by atoms with Crippen molar-refractivity contribution >= 4 is 22.5 Å². The number of halogens is 1. The van der Waals surface area contributed by atoms with Crippen LogP contribution in [-0.2, 0) is 7.05 Å². The maximum Gasteiger partial charge on any atom is 0.225 e. The minimum atomic E-state index is 0.474. The van der Waals surface area contributed by atoms with Crippen LogP contribution in [0.4, 0.5) is 0 Å². The molecular weight excluding hydrogens is 276 g/mol. The Hall–Kier alpha value is -2.14. The summed E-state index contributed by atoms with van der Waals surface area (Å²) < 4.78 is 7.37. The third kappa shape index (κ3) is 2.00. The second-order valence-corrected chi connectivity index (χ2v) is 4.88. The fraction of sp³-hybridized carbons (Fsp3) is 0.214. The standard InChI is InChI=1S/C14H13ClN4O/c1-8-16-6-10(14(18-8)20-3)11-4-9-5-13(15)17-7-12(9)19(11)2/h4-7H,1-3H3. The van der Waals surface area contributed by atoms with Crippen LogP contribution in [0.3, 0.4) is 0 Å². The maximum absolute atomic E-state index is 5.94. The molecule has 0 saturated carbocycles. The number of fused-ring (bicyclic) bond motifs is 1. The van der Waals surface area contributed by atoms with Gasteiger partial charge in [0.05, 0.1) is 30.1 Å². The van der Waals surface area contributed by atoms with Crippen LogP contribution in [0.25, 0.3) is 22.2 Å². The van der Waals surface area contributed by atoms with Gasteiger partial charge in [-0.1, -0.05) is 11.6 Å². The van der Waals surface area contributed by atoms with Crippen molar-refractivity contribution in [2.75, 3.05) is 7.11 Å². The number of hydrogen-bond acceptors (Lipinski definition) is 4. The van der Waals surface area contributed by atoms with E-state index in [1.54, 1.807) is 19.5 Å². The average molecular weight is 289 g/mol. The second-order valence-electron chi connectivity index (χ2n) is 4.49. The van der Waals surface area contributed by atoms with Gasteiger partial charge in [-0.3, -0.25) is 0 Å². The molecule has 0 N–H and O–H groups in total. The van der Waals surface area contributed by atoms with E-state index in [0.717, 1.165) is 22.2 Å². The van der Waals surface area contributed by atoms with Gasteiger partial charge in [0.1, 0.15) is 11.0 Å². The summed E-state index contributed by atoms with van der Waals surface area (Å²) in [7, 11) is 3.57. The molecule has 3 heterocycles. The minimum absolute atomic E-state index is 0.474. The van der Waals surface area contributed by atoms with Crippen molar-refractivity contribution in [1.82, 2.24) is 19.5 Å². The first-order valence-corrected chi connectivity index (χ1v) is 6.47. The Kier molecular flexibility index (Phi) is 3.06. The lowest BCUT2D eigenvalue weighted by Crippen LogP contribution is -1.99. The highest BCUT2D eigenvalue weighted by Gasteiger charge is 2.14. The molecule has 0 amide bonds. The summed E-state index contributed by atoms with van der Waals surface area (Å²) in [5.41, 5.74) is 2.79. The predicted octanol–water partition coefficient (Wildman–Crippen LogP) is 3.00. The van der Waals surface area contributed by atoms with Crippen LogP contribution in [0.1, 0.15) is 5.82 Å². The number of aryl methyl sites for hydroxylation is 2. The molecule has 0 atom stereocenters. The number of rotatable bonds is 2. The molecule has 5 nitrogen and oxygen atoms in total. The first-order valence-electron chi connectivity index (χ1n) is 6.09. The zero-order chi connectivity index (χ0) is 14.3. The van der Waals surface area contributed by atoms with Crippen molar-refractivity contribution < 1.29 is 4.74 Å².